The fourth-order valence-corrected chi connectivity index (χ4v) is 3.78. The third-order valence-corrected chi connectivity index (χ3v) is 5.44. The van der Waals surface area contributed by atoms with Crippen LogP contribution in [0.5, 0.6) is 0 Å². The quantitative estimate of drug-likeness (QED) is 0.195. The molecule has 0 radical (unpaired) electrons. The first-order valence-corrected chi connectivity index (χ1v) is 9.99. The lowest BCUT2D eigenvalue weighted by Gasteiger charge is -2.10. The highest BCUT2D eigenvalue weighted by Crippen LogP contribution is 2.32. The van der Waals surface area contributed by atoms with Crippen molar-refractivity contribution in [2.24, 2.45) is 0 Å². The van der Waals surface area contributed by atoms with Gasteiger partial charge < -0.3 is 9.71 Å². The van der Waals surface area contributed by atoms with E-state index >= 15 is 0 Å². The molecule has 0 atom stereocenters. The summed E-state index contributed by atoms with van der Waals surface area (Å²) in [7, 11) is 0. The van der Waals surface area contributed by atoms with E-state index < -0.39 is 23.3 Å². The number of carbonyl (C=O) groups is 1. The summed E-state index contributed by atoms with van der Waals surface area (Å²) < 4.78 is 55.8. The van der Waals surface area contributed by atoms with Gasteiger partial charge in [-0.25, -0.2) is 9.37 Å². The van der Waals surface area contributed by atoms with Crippen molar-refractivity contribution in [2.75, 3.05) is 4.72 Å². The Bertz CT molecular complexity index is 1290. The Hall–Kier alpha value is -3.04. The van der Waals surface area contributed by atoms with Crippen LogP contribution in [0.15, 0.2) is 65.8 Å². The number of ketones is 1. The van der Waals surface area contributed by atoms with Crippen molar-refractivity contribution >= 4 is 46.1 Å². The predicted molar refractivity (Wildman–Crippen MR) is 112 cm³/mol. The van der Waals surface area contributed by atoms with Gasteiger partial charge >= 0.3 is 6.18 Å². The number of hydrogen-bond donors (Lipinski definition) is 2. The summed E-state index contributed by atoms with van der Waals surface area (Å²) in [4.78, 5) is 20.2. The lowest BCUT2D eigenvalue weighted by atomic mass is 10.0. The molecular weight excluding hydrogens is 454 g/mol. The van der Waals surface area contributed by atoms with Crippen molar-refractivity contribution in [1.29, 1.82) is 0 Å². The maximum Gasteiger partial charge on any atom is 0.416 e. The molecule has 4 aromatic rings. The number of hydrogen-bond acceptors (Lipinski definition) is 4. The van der Waals surface area contributed by atoms with Crippen LogP contribution in [-0.4, -0.2) is 15.8 Å². The molecule has 2 heterocycles. The number of benzene rings is 2. The average Bonchev–Trinajstić information content (AvgIpc) is 3.15. The third-order valence-electron chi connectivity index (χ3n) is 4.40. The van der Waals surface area contributed by atoms with E-state index in [1.807, 2.05) is 0 Å². The summed E-state index contributed by atoms with van der Waals surface area (Å²) in [6.45, 7) is 0. The number of nitrogens with zero attached hydrogens (tertiary/aromatic N) is 1. The van der Waals surface area contributed by atoms with E-state index in [2.05, 4.69) is 14.7 Å². The van der Waals surface area contributed by atoms with Gasteiger partial charge in [-0.1, -0.05) is 17.7 Å². The molecule has 10 heteroatoms. The number of alkyl halides is 3. The number of H-pyrrole nitrogens is 1. The van der Waals surface area contributed by atoms with Gasteiger partial charge in [-0.3, -0.25) is 4.79 Å². The molecule has 4 nitrogen and oxygen atoms in total. The van der Waals surface area contributed by atoms with Crippen LogP contribution in [0.2, 0.25) is 5.02 Å². The molecule has 31 heavy (non-hydrogen) atoms. The minimum absolute atomic E-state index is 0.199. The second-order valence-electron chi connectivity index (χ2n) is 6.51. The Morgan fingerprint density at radius 1 is 1.10 bits per heavy atom. The van der Waals surface area contributed by atoms with Gasteiger partial charge in [0.2, 0.25) is 0 Å². The van der Waals surface area contributed by atoms with Crippen molar-refractivity contribution in [1.82, 2.24) is 9.97 Å². The van der Waals surface area contributed by atoms with Gasteiger partial charge in [0.25, 0.3) is 0 Å². The minimum Gasteiger partial charge on any atom is -0.345 e. The van der Waals surface area contributed by atoms with Crippen molar-refractivity contribution in [3.8, 4) is 0 Å². The number of nitrogens with one attached hydrogen (secondary N) is 2. The molecule has 2 aromatic carbocycles. The first-order valence-electron chi connectivity index (χ1n) is 8.79. The molecule has 0 fully saturated rings. The monoisotopic (exact) mass is 465 g/mol. The standard InChI is InChI=1S/C21H12ClF4N3OS/c22-12-7-15-17(10-28-20(15)27-9-12)19(30)16-8-13(4-5-18(16)23)29-31-14-3-1-2-11(6-14)21(24,25)26/h1-10,29H,(H,27,28). The highest BCUT2D eigenvalue weighted by molar-refractivity contribution is 8.00. The largest absolute Gasteiger partial charge is 0.416 e. The number of aromatic nitrogens is 2. The number of rotatable bonds is 5. The molecule has 0 bridgehead atoms. The summed E-state index contributed by atoms with van der Waals surface area (Å²) in [6, 6.07) is 10.1. The Morgan fingerprint density at radius 3 is 2.68 bits per heavy atom. The van der Waals surface area contributed by atoms with Gasteiger partial charge in [0.1, 0.15) is 11.5 Å². The fourth-order valence-electron chi connectivity index (χ4n) is 2.93. The second kappa shape index (κ2) is 8.24. The topological polar surface area (TPSA) is 57.8 Å². The summed E-state index contributed by atoms with van der Waals surface area (Å²) >= 11 is 6.86. The first-order chi connectivity index (χ1) is 14.7. The van der Waals surface area contributed by atoms with Crippen LogP contribution in [0, 0.1) is 5.82 Å². The van der Waals surface area contributed by atoms with Crippen LogP contribution in [0.1, 0.15) is 21.5 Å². The molecule has 0 amide bonds. The third kappa shape index (κ3) is 4.52. The van der Waals surface area contributed by atoms with E-state index in [1.165, 1.54) is 36.7 Å². The lowest BCUT2D eigenvalue weighted by molar-refractivity contribution is -0.137. The van der Waals surface area contributed by atoms with Crippen LogP contribution in [0.3, 0.4) is 0 Å². The van der Waals surface area contributed by atoms with Crippen LogP contribution < -0.4 is 4.72 Å². The zero-order valence-electron chi connectivity index (χ0n) is 15.4. The number of aromatic amines is 1. The Labute approximate surface area is 182 Å². The minimum atomic E-state index is -4.46. The summed E-state index contributed by atoms with van der Waals surface area (Å²) in [5.74, 6) is -1.32. The molecule has 0 unspecified atom stereocenters. The van der Waals surface area contributed by atoms with Crippen LogP contribution in [0.4, 0.5) is 23.2 Å². The van der Waals surface area contributed by atoms with Crippen LogP contribution in [0.25, 0.3) is 11.0 Å². The van der Waals surface area contributed by atoms with Gasteiger partial charge in [0.05, 0.1) is 16.1 Å². The summed E-state index contributed by atoms with van der Waals surface area (Å²) in [5, 5.41) is 0.781. The summed E-state index contributed by atoms with van der Waals surface area (Å²) in [5.41, 5.74) is 0.00804. The smallest absolute Gasteiger partial charge is 0.345 e. The SMILES string of the molecule is O=C(c1cc(NSc2cccc(C(F)(F)F)c2)ccc1F)c1c[nH]c2ncc(Cl)cc12. The average molecular weight is 466 g/mol. The first kappa shape index (κ1) is 21.2. The van der Waals surface area contributed by atoms with Crippen LogP contribution in [-0.2, 0) is 6.18 Å². The predicted octanol–water partition coefficient (Wildman–Crippen LogP) is 6.72. The van der Waals surface area contributed by atoms with E-state index in [-0.39, 0.29) is 11.1 Å². The van der Waals surface area contributed by atoms with Crippen molar-refractivity contribution in [2.45, 2.75) is 11.1 Å². The number of carbonyl (C=O) groups excluding carboxylic acids is 1. The molecule has 0 saturated heterocycles. The number of fused-ring (bicyclic) bond motifs is 1. The maximum absolute atomic E-state index is 14.4. The van der Waals surface area contributed by atoms with Crippen molar-refractivity contribution in [3.63, 3.8) is 0 Å². The Balaban J connectivity index is 1.59. The van der Waals surface area contributed by atoms with Crippen molar-refractivity contribution < 1.29 is 22.4 Å². The zero-order chi connectivity index (χ0) is 22.2. The normalized spacial score (nSPS) is 11.6. The number of anilines is 1. The van der Waals surface area contributed by atoms with Gasteiger partial charge in [-0.15, -0.1) is 0 Å². The van der Waals surface area contributed by atoms with E-state index in [0.717, 1.165) is 30.1 Å². The van der Waals surface area contributed by atoms with E-state index in [0.29, 0.717) is 26.6 Å². The van der Waals surface area contributed by atoms with Gasteiger partial charge in [-0.05, 0) is 54.4 Å². The fraction of sp³-hybridized carbons (Fsp3) is 0.0476. The van der Waals surface area contributed by atoms with Crippen molar-refractivity contribution in [3.05, 3.63) is 88.5 Å². The zero-order valence-corrected chi connectivity index (χ0v) is 17.0. The molecule has 158 valence electrons. The lowest BCUT2D eigenvalue weighted by Crippen LogP contribution is -2.05. The second-order valence-corrected chi connectivity index (χ2v) is 7.82. The molecular formula is C21H12ClF4N3OS. The number of pyridine rings is 1. The number of halogens is 5. The molecule has 2 aromatic heterocycles. The maximum atomic E-state index is 14.4. The Kier molecular flexibility index (Phi) is 5.63. The van der Waals surface area contributed by atoms with E-state index in [4.69, 9.17) is 11.6 Å². The summed E-state index contributed by atoms with van der Waals surface area (Å²) in [6.07, 6.45) is -1.61. The van der Waals surface area contributed by atoms with E-state index in [1.54, 1.807) is 6.07 Å². The molecule has 0 spiro atoms. The molecule has 0 saturated carbocycles. The molecule has 0 aliphatic carbocycles. The molecule has 0 aliphatic heterocycles. The Morgan fingerprint density at radius 2 is 1.90 bits per heavy atom. The van der Waals surface area contributed by atoms with Gasteiger partial charge in [-0.2, -0.15) is 13.2 Å². The van der Waals surface area contributed by atoms with E-state index in [9.17, 15) is 22.4 Å². The van der Waals surface area contributed by atoms with Crippen LogP contribution >= 0.6 is 23.5 Å². The molecule has 0 aliphatic rings. The highest BCUT2D eigenvalue weighted by Gasteiger charge is 2.30. The highest BCUT2D eigenvalue weighted by atomic mass is 35.5. The van der Waals surface area contributed by atoms with Gasteiger partial charge in [0, 0.05) is 33.9 Å². The van der Waals surface area contributed by atoms with Gasteiger partial charge in [0.15, 0.2) is 5.78 Å². The molecule has 2 N–H and O–H groups in total. The molecule has 4 rings (SSSR count).